The van der Waals surface area contributed by atoms with Crippen LogP contribution in [0.2, 0.25) is 0 Å². The number of aryl methyl sites for hydroxylation is 1. The molecule has 14 heavy (non-hydrogen) atoms. The fraction of sp³-hybridized carbons (Fsp3) is 0.200. The maximum Gasteiger partial charge on any atom is 0.252 e. The molecule has 1 aromatic carbocycles. The largest absolute Gasteiger partial charge is 0.399 e. The van der Waals surface area contributed by atoms with E-state index in [9.17, 15) is 4.79 Å². The first-order valence-corrected chi connectivity index (χ1v) is 4.16. The summed E-state index contributed by atoms with van der Waals surface area (Å²) in [6.45, 7) is 1.85. The van der Waals surface area contributed by atoms with E-state index in [0.717, 1.165) is 5.56 Å². The molecule has 0 aliphatic heterocycles. The topological polar surface area (TPSA) is 78.9 Å². The van der Waals surface area contributed by atoms with Crippen LogP contribution in [0, 0.1) is 18.3 Å². The summed E-state index contributed by atoms with van der Waals surface area (Å²) < 4.78 is 0. The Hall–Kier alpha value is -2.02. The lowest BCUT2D eigenvalue weighted by molar-refractivity contribution is 0.0958. The maximum atomic E-state index is 11.4. The molecule has 1 aromatic rings. The minimum Gasteiger partial charge on any atom is -0.399 e. The number of amides is 1. The third-order valence-electron chi connectivity index (χ3n) is 1.86. The number of rotatable bonds is 2. The van der Waals surface area contributed by atoms with Gasteiger partial charge in [0.15, 0.2) is 0 Å². The number of nitriles is 1. The Kier molecular flexibility index (Phi) is 3.08. The summed E-state index contributed by atoms with van der Waals surface area (Å²) in [7, 11) is 0. The van der Waals surface area contributed by atoms with E-state index in [4.69, 9.17) is 11.0 Å². The number of nitrogen functional groups attached to an aromatic ring is 1. The molecule has 4 heteroatoms. The van der Waals surface area contributed by atoms with E-state index in [1.165, 1.54) is 0 Å². The van der Waals surface area contributed by atoms with Gasteiger partial charge in [-0.25, -0.2) is 0 Å². The van der Waals surface area contributed by atoms with Crippen LogP contribution in [-0.4, -0.2) is 12.5 Å². The van der Waals surface area contributed by atoms with Crippen LogP contribution < -0.4 is 11.1 Å². The number of nitrogens with one attached hydrogen (secondary N) is 1. The fourth-order valence-electron chi connectivity index (χ4n) is 1.04. The maximum absolute atomic E-state index is 11.4. The van der Waals surface area contributed by atoms with Gasteiger partial charge in [-0.3, -0.25) is 4.79 Å². The molecular formula is C10H11N3O. The molecule has 0 radical (unpaired) electrons. The lowest BCUT2D eigenvalue weighted by Crippen LogP contribution is -2.23. The van der Waals surface area contributed by atoms with E-state index in [-0.39, 0.29) is 12.5 Å². The first-order valence-electron chi connectivity index (χ1n) is 4.16. The summed E-state index contributed by atoms with van der Waals surface area (Å²) in [5.74, 6) is -0.255. The van der Waals surface area contributed by atoms with Gasteiger partial charge in [0.2, 0.25) is 0 Å². The van der Waals surface area contributed by atoms with Gasteiger partial charge in [0, 0.05) is 11.3 Å². The number of carbonyl (C=O) groups is 1. The molecule has 1 amide bonds. The van der Waals surface area contributed by atoms with Gasteiger partial charge in [0.05, 0.1) is 6.07 Å². The number of carbonyl (C=O) groups excluding carboxylic acids is 1. The van der Waals surface area contributed by atoms with E-state index < -0.39 is 0 Å². The Morgan fingerprint density at radius 3 is 2.93 bits per heavy atom. The molecule has 4 nitrogen and oxygen atoms in total. The third-order valence-corrected chi connectivity index (χ3v) is 1.86. The van der Waals surface area contributed by atoms with Crippen LogP contribution in [0.25, 0.3) is 0 Å². The van der Waals surface area contributed by atoms with Gasteiger partial charge in [0.1, 0.15) is 6.54 Å². The van der Waals surface area contributed by atoms with Crippen molar-refractivity contribution in [3.8, 4) is 6.07 Å². The lowest BCUT2D eigenvalue weighted by Gasteiger charge is -2.04. The standard InChI is InChI=1S/C10H11N3O/c1-7-6-8(2-3-9(7)12)10(14)13-5-4-11/h2-3,6H,5,12H2,1H3,(H,13,14). The highest BCUT2D eigenvalue weighted by Crippen LogP contribution is 2.12. The second kappa shape index (κ2) is 4.28. The summed E-state index contributed by atoms with van der Waals surface area (Å²) >= 11 is 0. The molecular weight excluding hydrogens is 178 g/mol. The summed E-state index contributed by atoms with van der Waals surface area (Å²) in [5.41, 5.74) is 7.64. The van der Waals surface area contributed by atoms with Gasteiger partial charge in [0.25, 0.3) is 5.91 Å². The van der Waals surface area contributed by atoms with Gasteiger partial charge in [-0.15, -0.1) is 0 Å². The second-order valence-electron chi connectivity index (χ2n) is 2.91. The highest BCUT2D eigenvalue weighted by Gasteiger charge is 2.05. The molecule has 3 N–H and O–H groups in total. The monoisotopic (exact) mass is 189 g/mol. The SMILES string of the molecule is Cc1cc(C(=O)NCC#N)ccc1N. The highest BCUT2D eigenvalue weighted by molar-refractivity contribution is 5.94. The minimum absolute atomic E-state index is 0.0161. The van der Waals surface area contributed by atoms with Crippen molar-refractivity contribution in [2.24, 2.45) is 0 Å². The molecule has 0 heterocycles. The first kappa shape index (κ1) is 10.1. The number of hydrogen-bond donors (Lipinski definition) is 2. The van der Waals surface area contributed by atoms with E-state index >= 15 is 0 Å². The zero-order valence-corrected chi connectivity index (χ0v) is 7.87. The zero-order valence-electron chi connectivity index (χ0n) is 7.87. The number of anilines is 1. The summed E-state index contributed by atoms with van der Waals surface area (Å²) in [4.78, 5) is 11.4. The highest BCUT2D eigenvalue weighted by atomic mass is 16.1. The molecule has 0 fully saturated rings. The Morgan fingerprint density at radius 1 is 1.64 bits per heavy atom. The molecule has 0 bridgehead atoms. The number of hydrogen-bond acceptors (Lipinski definition) is 3. The van der Waals surface area contributed by atoms with E-state index in [2.05, 4.69) is 5.32 Å². The second-order valence-corrected chi connectivity index (χ2v) is 2.91. The third kappa shape index (κ3) is 2.23. The van der Waals surface area contributed by atoms with Crippen molar-refractivity contribution in [2.45, 2.75) is 6.92 Å². The molecule has 0 aliphatic carbocycles. The van der Waals surface area contributed by atoms with E-state index in [1.807, 2.05) is 13.0 Å². The average molecular weight is 189 g/mol. The molecule has 0 aliphatic rings. The molecule has 0 saturated heterocycles. The van der Waals surface area contributed by atoms with Crippen molar-refractivity contribution >= 4 is 11.6 Å². The molecule has 0 aromatic heterocycles. The van der Waals surface area contributed by atoms with Crippen LogP contribution in [0.3, 0.4) is 0 Å². The summed E-state index contributed by atoms with van der Waals surface area (Å²) in [5, 5.41) is 10.7. The quantitative estimate of drug-likeness (QED) is 0.534. The minimum atomic E-state index is -0.255. The van der Waals surface area contributed by atoms with Crippen LogP contribution in [0.1, 0.15) is 15.9 Å². The van der Waals surface area contributed by atoms with E-state index in [0.29, 0.717) is 11.3 Å². The number of nitrogens with two attached hydrogens (primary N) is 1. The van der Waals surface area contributed by atoms with Crippen molar-refractivity contribution < 1.29 is 4.79 Å². The summed E-state index contributed by atoms with van der Waals surface area (Å²) in [6, 6.07) is 6.85. The van der Waals surface area contributed by atoms with Gasteiger partial charge in [-0.1, -0.05) is 0 Å². The lowest BCUT2D eigenvalue weighted by atomic mass is 10.1. The Morgan fingerprint density at radius 2 is 2.36 bits per heavy atom. The molecule has 72 valence electrons. The van der Waals surface area contributed by atoms with Crippen molar-refractivity contribution in [3.05, 3.63) is 29.3 Å². The molecule has 0 saturated carbocycles. The Labute approximate surface area is 82.3 Å². The average Bonchev–Trinajstić information content (AvgIpc) is 2.18. The van der Waals surface area contributed by atoms with Crippen LogP contribution in [-0.2, 0) is 0 Å². The van der Waals surface area contributed by atoms with Gasteiger partial charge in [-0.2, -0.15) is 5.26 Å². The van der Waals surface area contributed by atoms with Gasteiger partial charge in [-0.05, 0) is 30.7 Å². The normalized spacial score (nSPS) is 9.14. The van der Waals surface area contributed by atoms with Gasteiger partial charge < -0.3 is 11.1 Å². The molecule has 0 unspecified atom stereocenters. The van der Waals surface area contributed by atoms with Crippen molar-refractivity contribution in [1.82, 2.24) is 5.32 Å². The molecule has 1 rings (SSSR count). The fourth-order valence-corrected chi connectivity index (χ4v) is 1.04. The first-order chi connectivity index (χ1) is 6.65. The Bertz CT molecular complexity index is 393. The van der Waals surface area contributed by atoms with Crippen LogP contribution in [0.15, 0.2) is 18.2 Å². The van der Waals surface area contributed by atoms with Crippen LogP contribution in [0.4, 0.5) is 5.69 Å². The van der Waals surface area contributed by atoms with E-state index in [1.54, 1.807) is 18.2 Å². The Balaban J connectivity index is 2.82. The van der Waals surface area contributed by atoms with Crippen LogP contribution >= 0.6 is 0 Å². The smallest absolute Gasteiger partial charge is 0.252 e. The number of benzene rings is 1. The van der Waals surface area contributed by atoms with Crippen molar-refractivity contribution in [1.29, 1.82) is 5.26 Å². The summed E-state index contributed by atoms with van der Waals surface area (Å²) in [6.07, 6.45) is 0. The van der Waals surface area contributed by atoms with Crippen molar-refractivity contribution in [2.75, 3.05) is 12.3 Å². The predicted octanol–water partition coefficient (Wildman–Crippen LogP) is 0.831. The number of nitrogens with zero attached hydrogens (tertiary/aromatic N) is 1. The molecule has 0 spiro atoms. The predicted molar refractivity (Wildman–Crippen MR) is 53.5 cm³/mol. The van der Waals surface area contributed by atoms with Crippen molar-refractivity contribution in [3.63, 3.8) is 0 Å². The molecule has 0 atom stereocenters. The zero-order chi connectivity index (χ0) is 10.6. The van der Waals surface area contributed by atoms with Crippen LogP contribution in [0.5, 0.6) is 0 Å². The van der Waals surface area contributed by atoms with Gasteiger partial charge >= 0.3 is 0 Å².